The zero-order valence-corrected chi connectivity index (χ0v) is 13.0. The highest BCUT2D eigenvalue weighted by atomic mass is 32.2. The van der Waals surface area contributed by atoms with Gasteiger partial charge in [0.1, 0.15) is 4.90 Å². The van der Waals surface area contributed by atoms with Crippen molar-refractivity contribution >= 4 is 16.0 Å². The predicted octanol–water partition coefficient (Wildman–Crippen LogP) is 1.77. The van der Waals surface area contributed by atoms with Gasteiger partial charge in [0, 0.05) is 12.6 Å². The maximum absolute atomic E-state index is 12.3. The molecule has 1 atom stereocenters. The SMILES string of the molecule is CCNc1ncc(S(=O)(=O)NC2CCCC2(C)C)cn1. The highest BCUT2D eigenvalue weighted by Gasteiger charge is 2.37. The van der Waals surface area contributed by atoms with Crippen LogP contribution in [0.2, 0.25) is 0 Å². The molecule has 0 aromatic carbocycles. The first-order valence-electron chi connectivity index (χ1n) is 6.93. The third-order valence-electron chi connectivity index (χ3n) is 3.83. The maximum atomic E-state index is 12.3. The topological polar surface area (TPSA) is 84.0 Å². The molecule has 2 N–H and O–H groups in total. The standard InChI is InChI=1S/C13H22N4O2S/c1-4-14-12-15-8-10(9-16-12)20(18,19)17-11-6-5-7-13(11,2)3/h8-9,11,17H,4-7H2,1-3H3,(H,14,15,16). The summed E-state index contributed by atoms with van der Waals surface area (Å²) in [6.45, 7) is 6.81. The Labute approximate surface area is 120 Å². The summed E-state index contributed by atoms with van der Waals surface area (Å²) in [6, 6.07) is -0.0269. The Morgan fingerprint density at radius 2 is 2.00 bits per heavy atom. The molecule has 6 nitrogen and oxygen atoms in total. The molecule has 1 saturated carbocycles. The number of hydrogen-bond acceptors (Lipinski definition) is 5. The van der Waals surface area contributed by atoms with Crippen molar-refractivity contribution in [1.29, 1.82) is 0 Å². The Kier molecular flexibility index (Phi) is 4.29. The molecule has 1 fully saturated rings. The third kappa shape index (κ3) is 3.27. The van der Waals surface area contributed by atoms with Crippen molar-refractivity contribution in [3.8, 4) is 0 Å². The van der Waals surface area contributed by atoms with E-state index in [1.165, 1.54) is 12.4 Å². The Bertz CT molecular complexity index is 554. The average molecular weight is 298 g/mol. The lowest BCUT2D eigenvalue weighted by atomic mass is 9.88. The van der Waals surface area contributed by atoms with E-state index in [2.05, 4.69) is 33.9 Å². The molecule has 1 unspecified atom stereocenters. The van der Waals surface area contributed by atoms with Crippen molar-refractivity contribution < 1.29 is 8.42 Å². The molecule has 112 valence electrons. The van der Waals surface area contributed by atoms with Crippen molar-refractivity contribution in [3.63, 3.8) is 0 Å². The molecular formula is C13H22N4O2S. The van der Waals surface area contributed by atoms with Crippen LogP contribution in [-0.2, 0) is 10.0 Å². The van der Waals surface area contributed by atoms with E-state index in [9.17, 15) is 8.42 Å². The summed E-state index contributed by atoms with van der Waals surface area (Å²) in [5.74, 6) is 0.438. The Morgan fingerprint density at radius 1 is 1.35 bits per heavy atom. The van der Waals surface area contributed by atoms with Gasteiger partial charge in [-0.25, -0.2) is 23.1 Å². The molecule has 1 heterocycles. The summed E-state index contributed by atoms with van der Waals surface area (Å²) in [6.07, 6.45) is 5.65. The monoisotopic (exact) mass is 298 g/mol. The normalized spacial score (nSPS) is 21.9. The Balaban J connectivity index is 2.14. The fourth-order valence-corrected chi connectivity index (χ4v) is 3.84. The average Bonchev–Trinajstić information content (AvgIpc) is 2.69. The maximum Gasteiger partial charge on any atom is 0.243 e. The number of hydrogen-bond donors (Lipinski definition) is 2. The molecule has 1 aliphatic rings. The number of nitrogens with one attached hydrogen (secondary N) is 2. The summed E-state index contributed by atoms with van der Waals surface area (Å²) in [5, 5.41) is 2.93. The minimum Gasteiger partial charge on any atom is -0.355 e. The van der Waals surface area contributed by atoms with Crippen molar-refractivity contribution in [2.24, 2.45) is 5.41 Å². The van der Waals surface area contributed by atoms with E-state index in [1.54, 1.807) is 0 Å². The van der Waals surface area contributed by atoms with Gasteiger partial charge < -0.3 is 5.32 Å². The van der Waals surface area contributed by atoms with Gasteiger partial charge in [-0.05, 0) is 25.2 Å². The summed E-state index contributed by atoms with van der Waals surface area (Å²) in [5.41, 5.74) is -0.00235. The lowest BCUT2D eigenvalue weighted by molar-refractivity contribution is 0.313. The smallest absolute Gasteiger partial charge is 0.243 e. The van der Waals surface area contributed by atoms with Crippen LogP contribution in [-0.4, -0.2) is 31.0 Å². The van der Waals surface area contributed by atoms with Gasteiger partial charge in [-0.3, -0.25) is 0 Å². The molecular weight excluding hydrogens is 276 g/mol. The second-order valence-electron chi connectivity index (χ2n) is 5.83. The van der Waals surface area contributed by atoms with Gasteiger partial charge in [-0.15, -0.1) is 0 Å². The highest BCUT2D eigenvalue weighted by molar-refractivity contribution is 7.89. The molecule has 1 aromatic rings. The predicted molar refractivity (Wildman–Crippen MR) is 77.9 cm³/mol. The Hall–Kier alpha value is -1.21. The van der Waals surface area contributed by atoms with E-state index in [4.69, 9.17) is 0 Å². The lowest BCUT2D eigenvalue weighted by Gasteiger charge is -2.27. The van der Waals surface area contributed by atoms with E-state index in [1.807, 2.05) is 6.92 Å². The van der Waals surface area contributed by atoms with E-state index in [0.717, 1.165) is 19.3 Å². The van der Waals surface area contributed by atoms with Crippen molar-refractivity contribution in [1.82, 2.24) is 14.7 Å². The number of sulfonamides is 1. The molecule has 20 heavy (non-hydrogen) atoms. The van der Waals surface area contributed by atoms with E-state index >= 15 is 0 Å². The van der Waals surface area contributed by atoms with Crippen LogP contribution in [0.25, 0.3) is 0 Å². The number of nitrogens with zero attached hydrogens (tertiary/aromatic N) is 2. The zero-order valence-electron chi connectivity index (χ0n) is 12.2. The lowest BCUT2D eigenvalue weighted by Crippen LogP contribution is -2.41. The zero-order chi connectivity index (χ0) is 14.8. The van der Waals surface area contributed by atoms with Crippen molar-refractivity contribution in [2.75, 3.05) is 11.9 Å². The first kappa shape index (κ1) is 15.2. The molecule has 0 spiro atoms. The first-order valence-corrected chi connectivity index (χ1v) is 8.42. The van der Waals surface area contributed by atoms with Gasteiger partial charge in [-0.2, -0.15) is 0 Å². The summed E-state index contributed by atoms with van der Waals surface area (Å²) in [7, 11) is -3.55. The van der Waals surface area contributed by atoms with Crippen LogP contribution in [0, 0.1) is 5.41 Å². The number of rotatable bonds is 5. The van der Waals surface area contributed by atoms with Crippen molar-refractivity contribution in [3.05, 3.63) is 12.4 Å². The summed E-state index contributed by atoms with van der Waals surface area (Å²) in [4.78, 5) is 8.12. The van der Waals surface area contributed by atoms with E-state index < -0.39 is 10.0 Å². The van der Waals surface area contributed by atoms with Crippen LogP contribution in [0.15, 0.2) is 17.3 Å². The Morgan fingerprint density at radius 3 is 2.50 bits per heavy atom. The quantitative estimate of drug-likeness (QED) is 0.865. The van der Waals surface area contributed by atoms with Crippen LogP contribution in [0.5, 0.6) is 0 Å². The summed E-state index contributed by atoms with van der Waals surface area (Å²) >= 11 is 0. The van der Waals surface area contributed by atoms with Crippen LogP contribution >= 0.6 is 0 Å². The number of anilines is 1. The largest absolute Gasteiger partial charge is 0.355 e. The van der Waals surface area contributed by atoms with Gasteiger partial charge in [-0.1, -0.05) is 20.3 Å². The second kappa shape index (κ2) is 5.65. The second-order valence-corrected chi connectivity index (χ2v) is 7.54. The van der Waals surface area contributed by atoms with Crippen LogP contribution < -0.4 is 10.0 Å². The fraction of sp³-hybridized carbons (Fsp3) is 0.692. The highest BCUT2D eigenvalue weighted by Crippen LogP contribution is 2.37. The minimum absolute atomic E-state index is 0.00235. The van der Waals surface area contributed by atoms with Crippen LogP contribution in [0.4, 0.5) is 5.95 Å². The van der Waals surface area contributed by atoms with Gasteiger partial charge >= 0.3 is 0 Å². The van der Waals surface area contributed by atoms with E-state index in [-0.39, 0.29) is 16.4 Å². The number of aromatic nitrogens is 2. The molecule has 0 radical (unpaired) electrons. The molecule has 1 aromatic heterocycles. The molecule has 7 heteroatoms. The van der Waals surface area contributed by atoms with Gasteiger partial charge in [0.05, 0.1) is 12.4 Å². The van der Waals surface area contributed by atoms with Crippen LogP contribution in [0.3, 0.4) is 0 Å². The fourth-order valence-electron chi connectivity index (χ4n) is 2.50. The first-order chi connectivity index (χ1) is 9.35. The molecule has 0 amide bonds. The van der Waals surface area contributed by atoms with Gasteiger partial charge in [0.15, 0.2) is 0 Å². The summed E-state index contributed by atoms with van der Waals surface area (Å²) < 4.78 is 27.5. The molecule has 0 saturated heterocycles. The molecule has 0 bridgehead atoms. The van der Waals surface area contributed by atoms with Crippen LogP contribution in [0.1, 0.15) is 40.0 Å². The molecule has 1 aliphatic carbocycles. The van der Waals surface area contributed by atoms with E-state index in [0.29, 0.717) is 12.5 Å². The minimum atomic E-state index is -3.55. The molecule has 0 aliphatic heterocycles. The van der Waals surface area contributed by atoms with Gasteiger partial charge in [0.25, 0.3) is 0 Å². The van der Waals surface area contributed by atoms with Crippen molar-refractivity contribution in [2.45, 2.75) is 51.0 Å². The third-order valence-corrected chi connectivity index (χ3v) is 5.25. The molecule has 2 rings (SSSR count). The van der Waals surface area contributed by atoms with Gasteiger partial charge in [0.2, 0.25) is 16.0 Å².